The molecule has 2 aromatic carbocycles. The van der Waals surface area contributed by atoms with Crippen LogP contribution in [0.1, 0.15) is 28.8 Å². The summed E-state index contributed by atoms with van der Waals surface area (Å²) in [5.41, 5.74) is 0.694. The molecule has 0 fully saturated rings. The molecular weight excluding hydrogens is 368 g/mol. The molecule has 0 radical (unpaired) electrons. The number of nitrogens with one attached hydrogen (secondary N) is 1. The number of aliphatic carboxylic acids is 1. The lowest BCUT2D eigenvalue weighted by molar-refractivity contribution is -0.385. The first kappa shape index (κ1) is 20.7. The fraction of sp³-hybridized carbons (Fsp3) is 0.263. The molecule has 2 N–H and O–H groups in total. The van der Waals surface area contributed by atoms with E-state index in [4.69, 9.17) is 14.6 Å². The number of rotatable bonds is 10. The summed E-state index contributed by atoms with van der Waals surface area (Å²) in [6, 6.07) is 11.0. The molecule has 148 valence electrons. The Hall–Kier alpha value is -3.62. The summed E-state index contributed by atoms with van der Waals surface area (Å²) in [5, 5.41) is 22.3. The third-order valence-electron chi connectivity index (χ3n) is 3.82. The number of hydrogen-bond acceptors (Lipinski definition) is 6. The number of carboxylic acids is 1. The Morgan fingerprint density at radius 2 is 1.89 bits per heavy atom. The molecule has 2 aromatic rings. The molecule has 0 aliphatic rings. The number of methoxy groups -OCH3 is 1. The smallest absolute Gasteiger partial charge is 0.311 e. The summed E-state index contributed by atoms with van der Waals surface area (Å²) in [6.07, 6.45) is 0.467. The molecule has 2 rings (SSSR count). The zero-order valence-electron chi connectivity index (χ0n) is 15.2. The molecule has 0 aliphatic carbocycles. The number of carboxylic acid groups (broad SMARTS) is 1. The molecule has 0 bridgehead atoms. The van der Waals surface area contributed by atoms with Crippen LogP contribution in [0.25, 0.3) is 0 Å². The molecule has 1 amide bonds. The molecule has 0 saturated carbocycles. The maximum Gasteiger partial charge on any atom is 0.311 e. The quantitative estimate of drug-likeness (QED) is 0.364. The van der Waals surface area contributed by atoms with E-state index in [1.54, 1.807) is 24.3 Å². The second kappa shape index (κ2) is 9.91. The lowest BCUT2D eigenvalue weighted by Crippen LogP contribution is -2.22. The van der Waals surface area contributed by atoms with E-state index in [1.165, 1.54) is 25.3 Å². The van der Waals surface area contributed by atoms with Gasteiger partial charge in [0.2, 0.25) is 0 Å². The fourth-order valence-corrected chi connectivity index (χ4v) is 2.38. The Labute approximate surface area is 161 Å². The number of carbonyl (C=O) groups is 2. The molecule has 0 spiro atoms. The van der Waals surface area contributed by atoms with Crippen molar-refractivity contribution in [1.29, 1.82) is 0 Å². The highest BCUT2D eigenvalue weighted by Gasteiger charge is 2.18. The van der Waals surface area contributed by atoms with Crippen molar-refractivity contribution >= 4 is 17.6 Å². The van der Waals surface area contributed by atoms with Crippen LogP contribution in [0.4, 0.5) is 5.69 Å². The largest absolute Gasteiger partial charge is 0.494 e. The van der Waals surface area contributed by atoms with E-state index in [1.807, 2.05) is 0 Å². The van der Waals surface area contributed by atoms with Gasteiger partial charge in [0.15, 0.2) is 5.75 Å². The van der Waals surface area contributed by atoms with Gasteiger partial charge in [-0.05, 0) is 36.2 Å². The van der Waals surface area contributed by atoms with Gasteiger partial charge in [-0.1, -0.05) is 12.1 Å². The van der Waals surface area contributed by atoms with Crippen molar-refractivity contribution in [3.63, 3.8) is 0 Å². The highest BCUT2D eigenvalue weighted by Crippen LogP contribution is 2.27. The number of nitrogens with zero attached hydrogens (tertiary/aromatic N) is 1. The van der Waals surface area contributed by atoms with Gasteiger partial charge < -0.3 is 19.9 Å². The van der Waals surface area contributed by atoms with Crippen molar-refractivity contribution in [2.75, 3.05) is 13.7 Å². The molecule has 0 atom stereocenters. The van der Waals surface area contributed by atoms with E-state index in [0.717, 1.165) is 5.56 Å². The molecule has 0 saturated heterocycles. The van der Waals surface area contributed by atoms with Crippen LogP contribution in [0.5, 0.6) is 11.5 Å². The zero-order valence-corrected chi connectivity index (χ0v) is 15.2. The molecule has 0 aromatic heterocycles. The number of benzene rings is 2. The lowest BCUT2D eigenvalue weighted by atomic mass is 10.1. The summed E-state index contributed by atoms with van der Waals surface area (Å²) >= 11 is 0. The van der Waals surface area contributed by atoms with Crippen molar-refractivity contribution in [3.8, 4) is 11.5 Å². The molecule has 0 aliphatic heterocycles. The minimum absolute atomic E-state index is 0.0492. The van der Waals surface area contributed by atoms with Crippen LogP contribution >= 0.6 is 0 Å². The Bertz CT molecular complexity index is 850. The third-order valence-corrected chi connectivity index (χ3v) is 3.82. The van der Waals surface area contributed by atoms with E-state index in [-0.39, 0.29) is 30.0 Å². The molecule has 0 heterocycles. The van der Waals surface area contributed by atoms with Gasteiger partial charge in [0.25, 0.3) is 5.91 Å². The molecule has 9 heteroatoms. The van der Waals surface area contributed by atoms with Crippen molar-refractivity contribution in [3.05, 3.63) is 63.7 Å². The van der Waals surface area contributed by atoms with E-state index >= 15 is 0 Å². The third kappa shape index (κ3) is 5.97. The van der Waals surface area contributed by atoms with Gasteiger partial charge in [0.1, 0.15) is 5.75 Å². The van der Waals surface area contributed by atoms with Gasteiger partial charge in [-0.3, -0.25) is 19.7 Å². The SMILES string of the molecule is COc1ccc(C(=O)NCc2ccc(OCCCC(=O)O)cc2)cc1[N+](=O)[O-]. The summed E-state index contributed by atoms with van der Waals surface area (Å²) in [5.74, 6) is -0.622. The Morgan fingerprint density at radius 3 is 2.50 bits per heavy atom. The van der Waals surface area contributed by atoms with Crippen LogP contribution in [0.15, 0.2) is 42.5 Å². The van der Waals surface area contributed by atoms with E-state index in [2.05, 4.69) is 5.32 Å². The van der Waals surface area contributed by atoms with E-state index in [9.17, 15) is 19.7 Å². The Kier molecular flexibility index (Phi) is 7.32. The molecule has 9 nitrogen and oxygen atoms in total. The van der Waals surface area contributed by atoms with Crippen molar-refractivity contribution in [1.82, 2.24) is 5.32 Å². The van der Waals surface area contributed by atoms with E-state index in [0.29, 0.717) is 18.8 Å². The van der Waals surface area contributed by atoms with Gasteiger partial charge in [-0.2, -0.15) is 0 Å². The van der Waals surface area contributed by atoms with Crippen molar-refractivity contribution in [2.45, 2.75) is 19.4 Å². The summed E-state index contributed by atoms with van der Waals surface area (Å²) in [6.45, 7) is 0.538. The number of amides is 1. The second-order valence-corrected chi connectivity index (χ2v) is 5.82. The average molecular weight is 388 g/mol. The number of carbonyl (C=O) groups excluding carboxylic acids is 1. The standard InChI is InChI=1S/C19H20N2O7/c1-27-17-9-6-14(11-16(17)21(25)26)19(24)20-12-13-4-7-15(8-5-13)28-10-2-3-18(22)23/h4-9,11H,2-3,10,12H2,1H3,(H,20,24)(H,22,23). The maximum absolute atomic E-state index is 12.2. The number of nitro benzene ring substituents is 1. The predicted octanol–water partition coefficient (Wildman–Crippen LogP) is 2.78. The monoisotopic (exact) mass is 388 g/mol. The summed E-state index contributed by atoms with van der Waals surface area (Å²) in [7, 11) is 1.32. The number of nitro groups is 1. The van der Waals surface area contributed by atoms with Gasteiger partial charge in [-0.15, -0.1) is 0 Å². The molecule has 28 heavy (non-hydrogen) atoms. The van der Waals surface area contributed by atoms with Gasteiger partial charge in [0, 0.05) is 24.6 Å². The van der Waals surface area contributed by atoms with Crippen LogP contribution in [0, 0.1) is 10.1 Å². The van der Waals surface area contributed by atoms with Crippen LogP contribution in [-0.4, -0.2) is 35.6 Å². The van der Waals surface area contributed by atoms with Gasteiger partial charge in [-0.25, -0.2) is 0 Å². The minimum atomic E-state index is -0.864. The zero-order chi connectivity index (χ0) is 20.5. The first-order chi connectivity index (χ1) is 13.4. The minimum Gasteiger partial charge on any atom is -0.494 e. The summed E-state index contributed by atoms with van der Waals surface area (Å²) < 4.78 is 10.4. The Balaban J connectivity index is 1.89. The highest BCUT2D eigenvalue weighted by molar-refractivity contribution is 5.95. The van der Waals surface area contributed by atoms with Gasteiger partial charge >= 0.3 is 11.7 Å². The lowest BCUT2D eigenvalue weighted by Gasteiger charge is -2.09. The van der Waals surface area contributed by atoms with Crippen molar-refractivity contribution < 1.29 is 29.1 Å². The van der Waals surface area contributed by atoms with Crippen LogP contribution in [0.2, 0.25) is 0 Å². The average Bonchev–Trinajstić information content (AvgIpc) is 2.69. The van der Waals surface area contributed by atoms with E-state index < -0.39 is 16.8 Å². The second-order valence-electron chi connectivity index (χ2n) is 5.82. The van der Waals surface area contributed by atoms with Crippen molar-refractivity contribution in [2.24, 2.45) is 0 Å². The predicted molar refractivity (Wildman–Crippen MR) is 99.6 cm³/mol. The van der Waals surface area contributed by atoms with Gasteiger partial charge in [0.05, 0.1) is 18.6 Å². The number of hydrogen-bond donors (Lipinski definition) is 2. The maximum atomic E-state index is 12.2. The topological polar surface area (TPSA) is 128 Å². The van der Waals surface area contributed by atoms with Crippen LogP contribution < -0.4 is 14.8 Å². The van der Waals surface area contributed by atoms with Crippen LogP contribution in [0.3, 0.4) is 0 Å². The fourth-order valence-electron chi connectivity index (χ4n) is 2.38. The molecule has 0 unspecified atom stereocenters. The first-order valence-corrected chi connectivity index (χ1v) is 8.45. The Morgan fingerprint density at radius 1 is 1.18 bits per heavy atom. The molecular formula is C19H20N2O7. The summed E-state index contributed by atoms with van der Waals surface area (Å²) in [4.78, 5) is 33.1. The first-order valence-electron chi connectivity index (χ1n) is 8.45. The highest BCUT2D eigenvalue weighted by atomic mass is 16.6. The number of ether oxygens (including phenoxy) is 2. The van der Waals surface area contributed by atoms with Crippen LogP contribution in [-0.2, 0) is 11.3 Å². The normalized spacial score (nSPS) is 10.2.